The summed E-state index contributed by atoms with van der Waals surface area (Å²) < 4.78 is 1.21. The third kappa shape index (κ3) is 4.29. The molecule has 0 aromatic carbocycles. The quantitative estimate of drug-likeness (QED) is 0.647. The molecule has 0 bridgehead atoms. The fraction of sp³-hybridized carbons (Fsp3) is 0.300. The Morgan fingerprint density at radius 1 is 1.03 bits per heavy atom. The average Bonchev–Trinajstić information content (AvgIpc) is 2.77. The first-order valence-corrected chi connectivity index (χ1v) is 9.42. The molecule has 1 saturated heterocycles. The zero-order chi connectivity index (χ0) is 20.2. The Balaban J connectivity index is 1.36. The zero-order valence-electron chi connectivity index (χ0n) is 16.1. The molecule has 0 N–H and O–H groups in total. The standard InChI is InChI=1S/C20H21N7O2/c1-15-4-7-19(28)27(24-15)14-20(29)26-11-9-25(10-12-26)18-6-5-17(22-23-18)16-3-2-8-21-13-16/h2-8,13H,9-12,14H2,1H3. The van der Waals surface area contributed by atoms with Crippen LogP contribution in [0.15, 0.2) is 53.6 Å². The van der Waals surface area contributed by atoms with Gasteiger partial charge in [-0.2, -0.15) is 5.10 Å². The monoisotopic (exact) mass is 391 g/mol. The number of hydrogen-bond acceptors (Lipinski definition) is 7. The Hall–Kier alpha value is -3.62. The Labute approximate surface area is 167 Å². The highest BCUT2D eigenvalue weighted by atomic mass is 16.2. The number of carbonyl (C=O) groups excluding carboxylic acids is 1. The van der Waals surface area contributed by atoms with Crippen LogP contribution in [0.5, 0.6) is 0 Å². The summed E-state index contributed by atoms with van der Waals surface area (Å²) in [7, 11) is 0. The fourth-order valence-corrected chi connectivity index (χ4v) is 3.24. The van der Waals surface area contributed by atoms with Crippen molar-refractivity contribution in [1.82, 2.24) is 29.9 Å². The maximum absolute atomic E-state index is 12.5. The van der Waals surface area contributed by atoms with Gasteiger partial charge in [-0.1, -0.05) is 0 Å². The van der Waals surface area contributed by atoms with Gasteiger partial charge in [0.15, 0.2) is 5.82 Å². The van der Waals surface area contributed by atoms with Crippen LogP contribution >= 0.6 is 0 Å². The lowest BCUT2D eigenvalue weighted by Gasteiger charge is -2.35. The minimum Gasteiger partial charge on any atom is -0.352 e. The van der Waals surface area contributed by atoms with Gasteiger partial charge in [0.25, 0.3) is 5.56 Å². The van der Waals surface area contributed by atoms with E-state index in [1.54, 1.807) is 30.3 Å². The van der Waals surface area contributed by atoms with Crippen LogP contribution in [-0.2, 0) is 11.3 Å². The van der Waals surface area contributed by atoms with E-state index in [1.807, 2.05) is 24.3 Å². The highest BCUT2D eigenvalue weighted by Gasteiger charge is 2.22. The Kier molecular flexibility index (Phi) is 5.28. The number of piperazine rings is 1. The summed E-state index contributed by atoms with van der Waals surface area (Å²) >= 11 is 0. The normalized spacial score (nSPS) is 14.1. The molecule has 4 rings (SSSR count). The minimum atomic E-state index is -0.272. The lowest BCUT2D eigenvalue weighted by atomic mass is 10.2. The molecule has 9 heteroatoms. The van der Waals surface area contributed by atoms with Crippen LogP contribution in [-0.4, -0.2) is 61.9 Å². The summed E-state index contributed by atoms with van der Waals surface area (Å²) in [6.45, 7) is 4.18. The molecule has 9 nitrogen and oxygen atoms in total. The number of aromatic nitrogens is 5. The number of amides is 1. The molecule has 1 amide bonds. The first-order valence-electron chi connectivity index (χ1n) is 9.42. The van der Waals surface area contributed by atoms with Crippen molar-refractivity contribution in [2.75, 3.05) is 31.1 Å². The molecule has 1 aliphatic rings. The van der Waals surface area contributed by atoms with Crippen molar-refractivity contribution < 1.29 is 4.79 Å². The van der Waals surface area contributed by atoms with E-state index in [-0.39, 0.29) is 18.0 Å². The molecule has 0 spiro atoms. The largest absolute Gasteiger partial charge is 0.352 e. The third-order valence-corrected chi connectivity index (χ3v) is 4.85. The van der Waals surface area contributed by atoms with Gasteiger partial charge in [-0.15, -0.1) is 10.2 Å². The van der Waals surface area contributed by atoms with Crippen LogP contribution in [0.1, 0.15) is 5.69 Å². The van der Waals surface area contributed by atoms with E-state index >= 15 is 0 Å². The summed E-state index contributed by atoms with van der Waals surface area (Å²) in [6, 6.07) is 10.7. The number of pyridine rings is 1. The molecule has 148 valence electrons. The lowest BCUT2D eigenvalue weighted by molar-refractivity contribution is -0.132. The lowest BCUT2D eigenvalue weighted by Crippen LogP contribution is -2.50. The van der Waals surface area contributed by atoms with Crippen LogP contribution < -0.4 is 10.5 Å². The molecule has 0 saturated carbocycles. The Morgan fingerprint density at radius 3 is 2.55 bits per heavy atom. The summed E-state index contributed by atoms with van der Waals surface area (Å²) in [4.78, 5) is 32.4. The zero-order valence-corrected chi connectivity index (χ0v) is 16.1. The predicted molar refractivity (Wildman–Crippen MR) is 107 cm³/mol. The molecule has 0 unspecified atom stereocenters. The van der Waals surface area contributed by atoms with E-state index in [9.17, 15) is 9.59 Å². The minimum absolute atomic E-state index is 0.0415. The molecular formula is C20H21N7O2. The van der Waals surface area contributed by atoms with Gasteiger partial charge in [-0.05, 0) is 37.3 Å². The number of anilines is 1. The maximum atomic E-state index is 12.5. The van der Waals surface area contributed by atoms with Gasteiger partial charge >= 0.3 is 0 Å². The number of nitrogens with zero attached hydrogens (tertiary/aromatic N) is 7. The number of carbonyl (C=O) groups is 1. The Bertz CT molecular complexity index is 1040. The van der Waals surface area contributed by atoms with Crippen molar-refractivity contribution in [2.24, 2.45) is 0 Å². The van der Waals surface area contributed by atoms with Crippen molar-refractivity contribution in [1.29, 1.82) is 0 Å². The third-order valence-electron chi connectivity index (χ3n) is 4.85. The van der Waals surface area contributed by atoms with E-state index in [0.29, 0.717) is 31.9 Å². The molecule has 29 heavy (non-hydrogen) atoms. The fourth-order valence-electron chi connectivity index (χ4n) is 3.24. The van der Waals surface area contributed by atoms with Crippen molar-refractivity contribution in [3.05, 3.63) is 64.8 Å². The van der Waals surface area contributed by atoms with E-state index in [1.165, 1.54) is 10.7 Å². The predicted octanol–water partition coefficient (Wildman–Crippen LogP) is 0.753. The molecular weight excluding hydrogens is 370 g/mol. The first-order chi connectivity index (χ1) is 14.1. The maximum Gasteiger partial charge on any atom is 0.267 e. The second-order valence-corrected chi connectivity index (χ2v) is 6.86. The van der Waals surface area contributed by atoms with Crippen LogP contribution in [0, 0.1) is 6.92 Å². The van der Waals surface area contributed by atoms with Gasteiger partial charge in [-0.25, -0.2) is 4.68 Å². The van der Waals surface area contributed by atoms with E-state index in [4.69, 9.17) is 0 Å². The second-order valence-electron chi connectivity index (χ2n) is 6.86. The first kappa shape index (κ1) is 18.7. The van der Waals surface area contributed by atoms with Crippen molar-refractivity contribution in [3.63, 3.8) is 0 Å². The molecule has 1 fully saturated rings. The molecule has 0 aliphatic carbocycles. The number of hydrogen-bond donors (Lipinski definition) is 0. The highest BCUT2D eigenvalue weighted by Crippen LogP contribution is 2.18. The smallest absolute Gasteiger partial charge is 0.267 e. The summed E-state index contributed by atoms with van der Waals surface area (Å²) in [5.41, 5.74) is 2.12. The summed E-state index contributed by atoms with van der Waals surface area (Å²) in [5, 5.41) is 12.7. The highest BCUT2D eigenvalue weighted by molar-refractivity contribution is 5.76. The van der Waals surface area contributed by atoms with Crippen LogP contribution in [0.4, 0.5) is 5.82 Å². The van der Waals surface area contributed by atoms with Crippen molar-refractivity contribution in [2.45, 2.75) is 13.5 Å². The summed E-state index contributed by atoms with van der Waals surface area (Å²) in [5.74, 6) is 0.671. The van der Waals surface area contributed by atoms with Gasteiger partial charge in [0.2, 0.25) is 5.91 Å². The molecule has 4 heterocycles. The van der Waals surface area contributed by atoms with Crippen LogP contribution in [0.25, 0.3) is 11.3 Å². The van der Waals surface area contributed by atoms with Crippen molar-refractivity contribution in [3.8, 4) is 11.3 Å². The van der Waals surface area contributed by atoms with E-state index in [0.717, 1.165) is 17.1 Å². The average molecular weight is 391 g/mol. The van der Waals surface area contributed by atoms with E-state index < -0.39 is 0 Å². The topological polar surface area (TPSA) is 97.1 Å². The van der Waals surface area contributed by atoms with Gasteiger partial charge in [0, 0.05) is 50.2 Å². The molecule has 1 aliphatic heterocycles. The van der Waals surface area contributed by atoms with E-state index in [2.05, 4.69) is 25.2 Å². The number of rotatable bonds is 4. The second kappa shape index (κ2) is 8.17. The summed E-state index contributed by atoms with van der Waals surface area (Å²) in [6.07, 6.45) is 3.47. The molecule has 3 aromatic rings. The van der Waals surface area contributed by atoms with Crippen LogP contribution in [0.3, 0.4) is 0 Å². The van der Waals surface area contributed by atoms with Crippen LogP contribution in [0.2, 0.25) is 0 Å². The van der Waals surface area contributed by atoms with Crippen molar-refractivity contribution >= 4 is 11.7 Å². The van der Waals surface area contributed by atoms with Gasteiger partial charge in [0.05, 0.1) is 11.4 Å². The van der Waals surface area contributed by atoms with Gasteiger partial charge < -0.3 is 9.80 Å². The number of aryl methyl sites for hydroxylation is 1. The Morgan fingerprint density at radius 2 is 1.86 bits per heavy atom. The molecule has 0 radical (unpaired) electrons. The molecule has 3 aromatic heterocycles. The SMILES string of the molecule is Cc1ccc(=O)n(CC(=O)N2CCN(c3ccc(-c4cccnc4)nn3)CC2)n1. The van der Waals surface area contributed by atoms with Gasteiger partial charge in [0.1, 0.15) is 6.54 Å². The van der Waals surface area contributed by atoms with Gasteiger partial charge in [-0.3, -0.25) is 14.6 Å². The molecule has 0 atom stereocenters.